The minimum Gasteiger partial charge on any atom is -0.469 e. The standard InChI is InChI=1S/C15H18N2O2S/c1-10(8-15(18)19-3)20-9-14-16-11(2)12-6-4-5-7-13(12)17-14/h4-7,10H,8-9H2,1-3H3. The summed E-state index contributed by atoms with van der Waals surface area (Å²) in [7, 11) is 1.41. The van der Waals surface area contributed by atoms with Crippen molar-refractivity contribution in [2.45, 2.75) is 31.3 Å². The number of thioether (sulfide) groups is 1. The second kappa shape index (κ2) is 6.70. The fraction of sp³-hybridized carbons (Fsp3) is 0.400. The fourth-order valence-corrected chi connectivity index (χ4v) is 2.77. The minimum atomic E-state index is -0.180. The van der Waals surface area contributed by atoms with Crippen LogP contribution < -0.4 is 0 Å². The largest absolute Gasteiger partial charge is 0.469 e. The Labute approximate surface area is 123 Å². The zero-order valence-electron chi connectivity index (χ0n) is 11.9. The summed E-state index contributed by atoms with van der Waals surface area (Å²) in [5, 5.41) is 1.28. The Morgan fingerprint density at radius 1 is 1.35 bits per heavy atom. The van der Waals surface area contributed by atoms with E-state index in [1.54, 1.807) is 11.8 Å². The molecule has 2 rings (SSSR count). The number of hydrogen-bond acceptors (Lipinski definition) is 5. The van der Waals surface area contributed by atoms with Crippen LogP contribution in [-0.4, -0.2) is 28.3 Å². The van der Waals surface area contributed by atoms with Crippen LogP contribution in [0.1, 0.15) is 24.9 Å². The van der Waals surface area contributed by atoms with Crippen LogP contribution >= 0.6 is 11.8 Å². The highest BCUT2D eigenvalue weighted by atomic mass is 32.2. The molecule has 0 N–H and O–H groups in total. The van der Waals surface area contributed by atoms with E-state index in [-0.39, 0.29) is 11.2 Å². The summed E-state index contributed by atoms with van der Waals surface area (Å²) in [6.07, 6.45) is 0.410. The molecule has 0 radical (unpaired) electrons. The van der Waals surface area contributed by atoms with Gasteiger partial charge in [-0.25, -0.2) is 9.97 Å². The predicted molar refractivity (Wildman–Crippen MR) is 81.7 cm³/mol. The molecule has 0 aliphatic rings. The number of hydrogen-bond donors (Lipinski definition) is 0. The molecule has 0 amide bonds. The SMILES string of the molecule is COC(=O)CC(C)SCc1nc(C)c2ccccc2n1. The molecule has 1 unspecified atom stereocenters. The van der Waals surface area contributed by atoms with Crippen molar-refractivity contribution in [3.05, 3.63) is 35.8 Å². The molecule has 0 aliphatic heterocycles. The molecular formula is C15H18N2O2S. The summed E-state index contributed by atoms with van der Waals surface area (Å²) in [6.45, 7) is 4.01. The van der Waals surface area contributed by atoms with Gasteiger partial charge in [-0.3, -0.25) is 4.79 Å². The van der Waals surface area contributed by atoms with Gasteiger partial charge in [0.1, 0.15) is 5.82 Å². The van der Waals surface area contributed by atoms with E-state index >= 15 is 0 Å². The molecule has 1 atom stereocenters. The first kappa shape index (κ1) is 14.8. The van der Waals surface area contributed by atoms with Gasteiger partial charge in [0.25, 0.3) is 0 Å². The third-order valence-electron chi connectivity index (χ3n) is 3.02. The number of fused-ring (bicyclic) bond motifs is 1. The molecule has 4 nitrogen and oxygen atoms in total. The number of carbonyl (C=O) groups excluding carboxylic acids is 1. The van der Waals surface area contributed by atoms with Crippen molar-refractivity contribution >= 4 is 28.6 Å². The van der Waals surface area contributed by atoms with E-state index in [4.69, 9.17) is 0 Å². The van der Waals surface area contributed by atoms with E-state index in [2.05, 4.69) is 14.7 Å². The fourth-order valence-electron chi connectivity index (χ4n) is 1.95. The number of rotatable bonds is 5. The number of ether oxygens (including phenoxy) is 1. The van der Waals surface area contributed by atoms with E-state index in [0.717, 1.165) is 22.4 Å². The molecule has 2 aromatic rings. The average molecular weight is 290 g/mol. The first-order chi connectivity index (χ1) is 9.60. The van der Waals surface area contributed by atoms with Gasteiger partial charge in [0.15, 0.2) is 0 Å². The molecule has 5 heteroatoms. The zero-order valence-corrected chi connectivity index (χ0v) is 12.7. The van der Waals surface area contributed by atoms with Crippen LogP contribution in [0.4, 0.5) is 0 Å². The number of para-hydroxylation sites is 1. The van der Waals surface area contributed by atoms with Gasteiger partial charge in [-0.2, -0.15) is 11.8 Å². The van der Waals surface area contributed by atoms with E-state index in [0.29, 0.717) is 12.2 Å². The number of benzene rings is 1. The highest BCUT2D eigenvalue weighted by molar-refractivity contribution is 7.99. The van der Waals surface area contributed by atoms with Gasteiger partial charge >= 0.3 is 5.97 Å². The van der Waals surface area contributed by atoms with Crippen molar-refractivity contribution in [2.24, 2.45) is 0 Å². The van der Waals surface area contributed by atoms with Crippen molar-refractivity contribution < 1.29 is 9.53 Å². The van der Waals surface area contributed by atoms with E-state index in [1.807, 2.05) is 38.1 Å². The maximum absolute atomic E-state index is 11.2. The molecule has 20 heavy (non-hydrogen) atoms. The summed E-state index contributed by atoms with van der Waals surface area (Å²) in [5.74, 6) is 1.33. The van der Waals surface area contributed by atoms with Crippen LogP contribution in [0.2, 0.25) is 0 Å². The molecule has 1 heterocycles. The van der Waals surface area contributed by atoms with Gasteiger partial charge in [-0.1, -0.05) is 25.1 Å². The number of carbonyl (C=O) groups is 1. The number of methoxy groups -OCH3 is 1. The van der Waals surface area contributed by atoms with Crippen LogP contribution in [-0.2, 0) is 15.3 Å². The molecule has 106 valence electrons. The van der Waals surface area contributed by atoms with Gasteiger partial charge in [-0.15, -0.1) is 0 Å². The molecule has 0 saturated carbocycles. The summed E-state index contributed by atoms with van der Waals surface area (Å²) >= 11 is 1.66. The lowest BCUT2D eigenvalue weighted by molar-refractivity contribution is -0.140. The molecular weight excluding hydrogens is 272 g/mol. The van der Waals surface area contributed by atoms with Crippen LogP contribution in [0.5, 0.6) is 0 Å². The molecule has 0 spiro atoms. The van der Waals surface area contributed by atoms with Crippen molar-refractivity contribution in [3.8, 4) is 0 Å². The quantitative estimate of drug-likeness (QED) is 0.792. The van der Waals surface area contributed by atoms with Crippen molar-refractivity contribution in [3.63, 3.8) is 0 Å². The Bertz CT molecular complexity index is 616. The second-order valence-corrected chi connectivity index (χ2v) is 6.07. The van der Waals surface area contributed by atoms with Gasteiger partial charge in [0, 0.05) is 16.3 Å². The number of nitrogens with zero attached hydrogens (tertiary/aromatic N) is 2. The Morgan fingerprint density at radius 3 is 2.85 bits per heavy atom. The molecule has 0 saturated heterocycles. The summed E-state index contributed by atoms with van der Waals surface area (Å²) in [5.41, 5.74) is 1.96. The topological polar surface area (TPSA) is 52.1 Å². The van der Waals surface area contributed by atoms with Gasteiger partial charge in [0.05, 0.1) is 24.8 Å². The highest BCUT2D eigenvalue weighted by Gasteiger charge is 2.11. The van der Waals surface area contributed by atoms with Crippen LogP contribution in [0.15, 0.2) is 24.3 Å². The van der Waals surface area contributed by atoms with E-state index in [1.165, 1.54) is 7.11 Å². The lowest BCUT2D eigenvalue weighted by Crippen LogP contribution is -2.09. The van der Waals surface area contributed by atoms with E-state index in [9.17, 15) is 4.79 Å². The Balaban J connectivity index is 2.05. The molecule has 0 fully saturated rings. The summed E-state index contributed by atoms with van der Waals surface area (Å²) < 4.78 is 4.67. The molecule has 1 aromatic carbocycles. The maximum atomic E-state index is 11.2. The number of esters is 1. The zero-order chi connectivity index (χ0) is 14.5. The van der Waals surface area contributed by atoms with Crippen LogP contribution in [0, 0.1) is 6.92 Å². The number of aryl methyl sites for hydroxylation is 1. The monoisotopic (exact) mass is 290 g/mol. The van der Waals surface area contributed by atoms with Crippen molar-refractivity contribution in [1.29, 1.82) is 0 Å². The first-order valence-electron chi connectivity index (χ1n) is 6.51. The Hall–Kier alpha value is -1.62. The third kappa shape index (κ3) is 3.70. The third-order valence-corrected chi connectivity index (χ3v) is 4.18. The van der Waals surface area contributed by atoms with Crippen LogP contribution in [0.3, 0.4) is 0 Å². The Kier molecular flexibility index (Phi) is 4.95. The lowest BCUT2D eigenvalue weighted by Gasteiger charge is -2.10. The maximum Gasteiger partial charge on any atom is 0.306 e. The summed E-state index contributed by atoms with van der Waals surface area (Å²) in [6, 6.07) is 7.99. The van der Waals surface area contributed by atoms with E-state index < -0.39 is 0 Å². The van der Waals surface area contributed by atoms with Gasteiger partial charge in [-0.05, 0) is 13.0 Å². The minimum absolute atomic E-state index is 0.180. The van der Waals surface area contributed by atoms with Gasteiger partial charge in [0.2, 0.25) is 0 Å². The smallest absolute Gasteiger partial charge is 0.306 e. The highest BCUT2D eigenvalue weighted by Crippen LogP contribution is 2.21. The van der Waals surface area contributed by atoms with Crippen molar-refractivity contribution in [1.82, 2.24) is 9.97 Å². The van der Waals surface area contributed by atoms with Crippen molar-refractivity contribution in [2.75, 3.05) is 7.11 Å². The molecule has 0 bridgehead atoms. The van der Waals surface area contributed by atoms with Crippen LogP contribution in [0.25, 0.3) is 10.9 Å². The Morgan fingerprint density at radius 2 is 2.10 bits per heavy atom. The normalized spacial score (nSPS) is 12.3. The molecule has 1 aromatic heterocycles. The predicted octanol–water partition coefficient (Wildman–Crippen LogP) is 3.12. The van der Waals surface area contributed by atoms with Gasteiger partial charge < -0.3 is 4.74 Å². The average Bonchev–Trinajstić information content (AvgIpc) is 2.45. The second-order valence-electron chi connectivity index (χ2n) is 4.64. The number of aromatic nitrogens is 2. The summed E-state index contributed by atoms with van der Waals surface area (Å²) in [4.78, 5) is 20.3. The first-order valence-corrected chi connectivity index (χ1v) is 7.55. The lowest BCUT2D eigenvalue weighted by atomic mass is 10.2. The molecule has 0 aliphatic carbocycles.